The maximum absolute atomic E-state index is 13.4. The molecule has 1 N–H and O–H groups in total. The first-order chi connectivity index (χ1) is 15.2. The van der Waals surface area contributed by atoms with Crippen molar-refractivity contribution in [3.8, 4) is 0 Å². The van der Waals surface area contributed by atoms with Gasteiger partial charge in [0.1, 0.15) is 10.7 Å². The number of thiazole rings is 1. The van der Waals surface area contributed by atoms with Gasteiger partial charge in [-0.3, -0.25) is 14.8 Å². The third-order valence-corrected chi connectivity index (χ3v) is 6.37. The normalized spacial score (nSPS) is 20.8. The maximum atomic E-state index is 13.4. The van der Waals surface area contributed by atoms with E-state index in [9.17, 15) is 9.90 Å². The fraction of sp³-hybridized carbons (Fsp3) is 0.261. The number of aliphatic hydroxyl groups is 1. The minimum absolute atomic E-state index is 0.279. The number of pyridine rings is 1. The fourth-order valence-corrected chi connectivity index (χ4v) is 4.70. The van der Waals surface area contributed by atoms with Gasteiger partial charge in [0.2, 0.25) is 0 Å². The van der Waals surface area contributed by atoms with Gasteiger partial charge in [-0.1, -0.05) is 24.3 Å². The van der Waals surface area contributed by atoms with Crippen molar-refractivity contribution < 1.29 is 9.90 Å². The molecule has 2 aromatic rings. The highest BCUT2D eigenvalue weighted by Gasteiger charge is 2.37. The van der Waals surface area contributed by atoms with Gasteiger partial charge in [-0.15, -0.1) is 11.3 Å². The summed E-state index contributed by atoms with van der Waals surface area (Å²) in [5.74, 6) is 0.0366. The molecule has 0 fully saturated rings. The number of dihydropyridines is 1. The second-order valence-electron chi connectivity index (χ2n) is 7.52. The molecule has 0 spiro atoms. The monoisotopic (exact) mass is 431 g/mol. The Morgan fingerprint density at radius 3 is 3.00 bits per heavy atom. The average Bonchev–Trinajstić information content (AvgIpc) is 3.48. The molecule has 5 rings (SSSR count). The van der Waals surface area contributed by atoms with E-state index in [1.54, 1.807) is 17.8 Å². The van der Waals surface area contributed by atoms with Gasteiger partial charge < -0.3 is 5.11 Å². The molecule has 0 radical (unpaired) electrons. The van der Waals surface area contributed by atoms with E-state index in [1.807, 2.05) is 30.5 Å². The first-order valence-electron chi connectivity index (χ1n) is 10.3. The number of carbonyl (C=O) groups is 1. The van der Waals surface area contributed by atoms with Gasteiger partial charge in [-0.05, 0) is 18.9 Å². The van der Waals surface area contributed by atoms with Crippen LogP contribution in [0.5, 0.6) is 0 Å². The zero-order chi connectivity index (χ0) is 21.2. The Hall–Kier alpha value is -3.39. The van der Waals surface area contributed by atoms with Gasteiger partial charge in [0, 0.05) is 60.1 Å². The molecule has 31 heavy (non-hydrogen) atoms. The van der Waals surface area contributed by atoms with E-state index in [0.29, 0.717) is 24.3 Å². The van der Waals surface area contributed by atoms with Crippen LogP contribution in [0, 0.1) is 0 Å². The lowest BCUT2D eigenvalue weighted by molar-refractivity contribution is 0.0729. The lowest BCUT2D eigenvalue weighted by Gasteiger charge is -2.24. The molecule has 1 aliphatic carbocycles. The highest BCUT2D eigenvalue weighted by molar-refractivity contribution is 7.11. The summed E-state index contributed by atoms with van der Waals surface area (Å²) in [6.45, 7) is 0.786. The Balaban J connectivity index is 1.49. The molecule has 4 heterocycles. The van der Waals surface area contributed by atoms with Gasteiger partial charge in [0.05, 0.1) is 17.5 Å². The van der Waals surface area contributed by atoms with Gasteiger partial charge >= 0.3 is 0 Å². The van der Waals surface area contributed by atoms with E-state index in [-0.39, 0.29) is 11.9 Å². The van der Waals surface area contributed by atoms with Crippen molar-refractivity contribution in [2.24, 2.45) is 10.1 Å². The van der Waals surface area contributed by atoms with Crippen LogP contribution in [0.3, 0.4) is 0 Å². The summed E-state index contributed by atoms with van der Waals surface area (Å²) in [7, 11) is 0. The molecular formula is C23H21N5O2S. The highest BCUT2D eigenvalue weighted by Crippen LogP contribution is 2.32. The second kappa shape index (κ2) is 8.39. The second-order valence-corrected chi connectivity index (χ2v) is 8.38. The predicted octanol–water partition coefficient (Wildman–Crippen LogP) is 4.18. The zero-order valence-electron chi connectivity index (χ0n) is 16.8. The summed E-state index contributed by atoms with van der Waals surface area (Å²) in [5, 5.41) is 19.2. The molecule has 8 heteroatoms. The Morgan fingerprint density at radius 2 is 2.23 bits per heavy atom. The van der Waals surface area contributed by atoms with E-state index in [4.69, 9.17) is 0 Å². The quantitative estimate of drug-likeness (QED) is 0.786. The number of allylic oxidation sites excluding steroid dienone is 3. The van der Waals surface area contributed by atoms with Crippen LogP contribution in [-0.4, -0.2) is 50.5 Å². The van der Waals surface area contributed by atoms with E-state index >= 15 is 0 Å². The predicted molar refractivity (Wildman–Crippen MR) is 121 cm³/mol. The molecule has 7 nitrogen and oxygen atoms in total. The van der Waals surface area contributed by atoms with Crippen molar-refractivity contribution in [2.75, 3.05) is 6.54 Å². The number of nitrogens with zero attached hydrogens (tertiary/aromatic N) is 5. The van der Waals surface area contributed by atoms with Crippen LogP contribution in [0.2, 0.25) is 0 Å². The molecule has 1 amide bonds. The largest absolute Gasteiger partial charge is 0.512 e. The summed E-state index contributed by atoms with van der Waals surface area (Å²) >= 11 is 1.43. The van der Waals surface area contributed by atoms with Crippen molar-refractivity contribution in [1.29, 1.82) is 0 Å². The van der Waals surface area contributed by atoms with Crippen molar-refractivity contribution in [2.45, 2.75) is 31.7 Å². The Labute approximate surface area is 183 Å². The Kier molecular flexibility index (Phi) is 5.30. The number of hydrogen-bond donors (Lipinski definition) is 1. The smallest absolute Gasteiger partial charge is 0.294 e. The first kappa shape index (κ1) is 19.6. The Bertz CT molecular complexity index is 1160. The molecule has 1 atom stereocenters. The molecule has 0 bridgehead atoms. The zero-order valence-corrected chi connectivity index (χ0v) is 17.6. The van der Waals surface area contributed by atoms with Gasteiger partial charge in [0.25, 0.3) is 5.91 Å². The lowest BCUT2D eigenvalue weighted by Crippen LogP contribution is -2.35. The maximum Gasteiger partial charge on any atom is 0.294 e. The van der Waals surface area contributed by atoms with Crippen LogP contribution in [0.15, 0.2) is 69.6 Å². The number of rotatable bonds is 4. The van der Waals surface area contributed by atoms with E-state index in [1.165, 1.54) is 16.3 Å². The molecule has 0 saturated carbocycles. The standard InChI is InChI=1S/C23H21N5O2S/c29-21-8-2-1-7-17(21)20-11-18(15-5-3-9-24-12-15)27-28(20)23(30)19-14-31-22(26-19)16-6-4-10-25-13-16/h1,3,5-7,9,12-14,20,29H,2,4,8,10-11H2. The van der Waals surface area contributed by atoms with Crippen LogP contribution < -0.4 is 0 Å². The van der Waals surface area contributed by atoms with E-state index in [0.717, 1.165) is 46.8 Å². The number of hydrazone groups is 1. The van der Waals surface area contributed by atoms with Crippen LogP contribution >= 0.6 is 11.3 Å². The van der Waals surface area contributed by atoms with Gasteiger partial charge in [-0.25, -0.2) is 9.99 Å². The van der Waals surface area contributed by atoms with Crippen molar-refractivity contribution in [3.63, 3.8) is 0 Å². The summed E-state index contributed by atoms with van der Waals surface area (Å²) in [6, 6.07) is 3.40. The van der Waals surface area contributed by atoms with E-state index in [2.05, 4.69) is 26.1 Å². The third kappa shape index (κ3) is 3.86. The highest BCUT2D eigenvalue weighted by atomic mass is 32.1. The summed E-state index contributed by atoms with van der Waals surface area (Å²) in [5.41, 5.74) is 3.66. The summed E-state index contributed by atoms with van der Waals surface area (Å²) in [4.78, 5) is 26.5. The molecule has 0 saturated heterocycles. The fourth-order valence-electron chi connectivity index (χ4n) is 3.90. The molecule has 0 aromatic carbocycles. The number of aliphatic hydroxyl groups excluding tert-OH is 1. The number of aromatic nitrogens is 2. The molecule has 3 aliphatic rings. The third-order valence-electron chi connectivity index (χ3n) is 5.47. The van der Waals surface area contributed by atoms with Crippen molar-refractivity contribution >= 4 is 34.7 Å². The number of amides is 1. The van der Waals surface area contributed by atoms with Crippen LogP contribution in [0.1, 0.15) is 46.7 Å². The number of carbonyl (C=O) groups excluding carboxylic acids is 1. The van der Waals surface area contributed by atoms with Gasteiger partial charge in [0.15, 0.2) is 0 Å². The van der Waals surface area contributed by atoms with Crippen LogP contribution in [0.25, 0.3) is 5.57 Å². The number of hydrogen-bond acceptors (Lipinski definition) is 7. The van der Waals surface area contributed by atoms with Crippen molar-refractivity contribution in [1.82, 2.24) is 15.0 Å². The topological polar surface area (TPSA) is 91.0 Å². The van der Waals surface area contributed by atoms with Crippen molar-refractivity contribution in [3.05, 3.63) is 75.7 Å². The molecule has 2 aromatic heterocycles. The molecular weight excluding hydrogens is 410 g/mol. The van der Waals surface area contributed by atoms with Crippen LogP contribution in [0.4, 0.5) is 0 Å². The average molecular weight is 432 g/mol. The SMILES string of the molecule is O=C(c1csc(C2=CCCN=C2)n1)N1N=C(c2cccnc2)CC1C1=C(O)CCC=C1. The summed E-state index contributed by atoms with van der Waals surface area (Å²) < 4.78 is 0. The minimum atomic E-state index is -0.375. The Morgan fingerprint density at radius 1 is 1.29 bits per heavy atom. The van der Waals surface area contributed by atoms with Gasteiger partial charge in [-0.2, -0.15) is 5.10 Å². The van der Waals surface area contributed by atoms with E-state index < -0.39 is 0 Å². The first-order valence-corrected chi connectivity index (χ1v) is 11.1. The summed E-state index contributed by atoms with van der Waals surface area (Å²) in [6.07, 6.45) is 14.0. The number of aliphatic imine (C=N–C) groups is 1. The van der Waals surface area contributed by atoms with Crippen LogP contribution in [-0.2, 0) is 0 Å². The minimum Gasteiger partial charge on any atom is -0.512 e. The molecule has 2 aliphatic heterocycles. The molecule has 1 unspecified atom stereocenters. The lowest BCUT2D eigenvalue weighted by atomic mass is 9.93. The molecule has 156 valence electrons.